The van der Waals surface area contributed by atoms with E-state index in [4.69, 9.17) is 0 Å². The van der Waals surface area contributed by atoms with E-state index in [1.807, 2.05) is 32.2 Å². The first-order valence-electron chi connectivity index (χ1n) is 7.54. The molecule has 0 unspecified atom stereocenters. The number of hydrogen-bond acceptors (Lipinski definition) is 6. The maximum absolute atomic E-state index is 4.66. The number of nitrogens with one attached hydrogen (secondary N) is 1. The zero-order valence-corrected chi connectivity index (χ0v) is 14.3. The molecule has 0 aromatic carbocycles. The summed E-state index contributed by atoms with van der Waals surface area (Å²) < 4.78 is 0. The minimum absolute atomic E-state index is 0.703. The Morgan fingerprint density at radius 1 is 1.13 bits per heavy atom. The number of thiazole rings is 1. The van der Waals surface area contributed by atoms with Gasteiger partial charge in [-0.1, -0.05) is 0 Å². The van der Waals surface area contributed by atoms with Crippen LogP contribution in [0.3, 0.4) is 0 Å². The highest BCUT2D eigenvalue weighted by atomic mass is 32.1. The third-order valence-electron chi connectivity index (χ3n) is 3.61. The summed E-state index contributed by atoms with van der Waals surface area (Å²) in [7, 11) is 0. The number of pyridine rings is 1. The molecule has 0 radical (unpaired) electrons. The summed E-state index contributed by atoms with van der Waals surface area (Å²) in [5, 5.41) is 4.56. The standard InChI is InChI=1S/C17H19N5S/c1-11-9-20-15(23-11)6-8-19-16-12(2)13(3)21-17(22-16)14-5-4-7-18-10-14/h4-5,7,9-10H,6,8H2,1-3H3,(H,19,21,22). The summed E-state index contributed by atoms with van der Waals surface area (Å²) in [5.41, 5.74) is 2.98. The van der Waals surface area contributed by atoms with Gasteiger partial charge in [-0.25, -0.2) is 15.0 Å². The largest absolute Gasteiger partial charge is 0.369 e. The maximum Gasteiger partial charge on any atom is 0.163 e. The number of aromatic nitrogens is 4. The molecule has 23 heavy (non-hydrogen) atoms. The SMILES string of the molecule is Cc1cnc(CCNc2nc(-c3cccnc3)nc(C)c2C)s1. The number of hydrogen-bond donors (Lipinski definition) is 1. The summed E-state index contributed by atoms with van der Waals surface area (Å²) in [6, 6.07) is 3.87. The van der Waals surface area contributed by atoms with Crippen LogP contribution in [0.25, 0.3) is 11.4 Å². The second-order valence-corrected chi connectivity index (χ2v) is 6.71. The zero-order valence-electron chi connectivity index (χ0n) is 13.5. The van der Waals surface area contributed by atoms with Gasteiger partial charge in [0.25, 0.3) is 0 Å². The molecule has 3 aromatic heterocycles. The van der Waals surface area contributed by atoms with Crippen LogP contribution >= 0.6 is 11.3 Å². The Bertz CT molecular complexity index is 798. The normalized spacial score (nSPS) is 10.7. The molecule has 0 aliphatic heterocycles. The van der Waals surface area contributed by atoms with Gasteiger partial charge in [-0.05, 0) is 32.9 Å². The average Bonchev–Trinajstić information content (AvgIpc) is 2.97. The van der Waals surface area contributed by atoms with Gasteiger partial charge in [0.2, 0.25) is 0 Å². The van der Waals surface area contributed by atoms with Crippen LogP contribution in [0.5, 0.6) is 0 Å². The summed E-state index contributed by atoms with van der Waals surface area (Å²) >= 11 is 1.74. The predicted octanol–water partition coefficient (Wildman–Crippen LogP) is 3.57. The highest BCUT2D eigenvalue weighted by Gasteiger charge is 2.10. The van der Waals surface area contributed by atoms with Crippen molar-refractivity contribution >= 4 is 17.2 Å². The van der Waals surface area contributed by atoms with Crippen LogP contribution in [0.15, 0.2) is 30.7 Å². The van der Waals surface area contributed by atoms with E-state index < -0.39 is 0 Å². The molecule has 6 heteroatoms. The van der Waals surface area contributed by atoms with E-state index in [0.717, 1.165) is 40.6 Å². The molecule has 3 rings (SSSR count). The third kappa shape index (κ3) is 3.71. The van der Waals surface area contributed by atoms with E-state index in [0.29, 0.717) is 5.82 Å². The van der Waals surface area contributed by atoms with Crippen LogP contribution in [-0.4, -0.2) is 26.5 Å². The highest BCUT2D eigenvalue weighted by molar-refractivity contribution is 7.11. The Balaban J connectivity index is 1.77. The lowest BCUT2D eigenvalue weighted by Gasteiger charge is -2.12. The summed E-state index contributed by atoms with van der Waals surface area (Å²) in [6.07, 6.45) is 6.34. The number of rotatable bonds is 5. The zero-order chi connectivity index (χ0) is 16.2. The molecule has 0 saturated heterocycles. The van der Waals surface area contributed by atoms with Gasteiger partial charge in [0.15, 0.2) is 5.82 Å². The smallest absolute Gasteiger partial charge is 0.163 e. The van der Waals surface area contributed by atoms with Crippen molar-refractivity contribution in [2.24, 2.45) is 0 Å². The fourth-order valence-electron chi connectivity index (χ4n) is 2.23. The molecular formula is C17H19N5S. The lowest BCUT2D eigenvalue weighted by molar-refractivity contribution is 0.970. The molecule has 0 aliphatic carbocycles. The summed E-state index contributed by atoms with van der Waals surface area (Å²) in [5.74, 6) is 1.58. The van der Waals surface area contributed by atoms with Crippen molar-refractivity contribution in [3.05, 3.63) is 51.9 Å². The predicted molar refractivity (Wildman–Crippen MR) is 93.8 cm³/mol. The van der Waals surface area contributed by atoms with Crippen LogP contribution in [0.2, 0.25) is 0 Å². The van der Waals surface area contributed by atoms with Crippen molar-refractivity contribution < 1.29 is 0 Å². The first-order chi connectivity index (χ1) is 11.1. The Kier molecular flexibility index (Phi) is 4.62. The number of aryl methyl sites for hydroxylation is 2. The number of nitrogens with zero attached hydrogens (tertiary/aromatic N) is 4. The van der Waals surface area contributed by atoms with Gasteiger partial charge in [0.05, 0.1) is 5.01 Å². The van der Waals surface area contributed by atoms with E-state index in [1.54, 1.807) is 23.7 Å². The van der Waals surface area contributed by atoms with Gasteiger partial charge >= 0.3 is 0 Å². The van der Waals surface area contributed by atoms with Crippen molar-refractivity contribution in [1.29, 1.82) is 0 Å². The lowest BCUT2D eigenvalue weighted by Crippen LogP contribution is -2.10. The van der Waals surface area contributed by atoms with E-state index in [2.05, 4.69) is 32.2 Å². The Labute approximate surface area is 139 Å². The third-order valence-corrected chi connectivity index (χ3v) is 4.58. The molecule has 0 saturated carbocycles. The average molecular weight is 325 g/mol. The number of anilines is 1. The molecule has 3 aromatic rings. The molecule has 1 N–H and O–H groups in total. The Hall–Kier alpha value is -2.34. The molecule has 5 nitrogen and oxygen atoms in total. The van der Waals surface area contributed by atoms with Crippen LogP contribution < -0.4 is 5.32 Å². The molecular weight excluding hydrogens is 306 g/mol. The van der Waals surface area contributed by atoms with E-state index >= 15 is 0 Å². The molecule has 0 amide bonds. The van der Waals surface area contributed by atoms with E-state index in [-0.39, 0.29) is 0 Å². The maximum atomic E-state index is 4.66. The van der Waals surface area contributed by atoms with Crippen LogP contribution in [-0.2, 0) is 6.42 Å². The van der Waals surface area contributed by atoms with Crippen molar-refractivity contribution in [1.82, 2.24) is 19.9 Å². The second kappa shape index (κ2) is 6.83. The molecule has 0 atom stereocenters. The van der Waals surface area contributed by atoms with Crippen molar-refractivity contribution in [3.8, 4) is 11.4 Å². The summed E-state index contributed by atoms with van der Waals surface area (Å²) in [6.45, 7) is 6.92. The van der Waals surface area contributed by atoms with Crippen LogP contribution in [0, 0.1) is 20.8 Å². The van der Waals surface area contributed by atoms with Gasteiger partial charge in [0, 0.05) is 53.3 Å². The summed E-state index contributed by atoms with van der Waals surface area (Å²) in [4.78, 5) is 19.0. The van der Waals surface area contributed by atoms with Crippen LogP contribution in [0.4, 0.5) is 5.82 Å². The van der Waals surface area contributed by atoms with Crippen molar-refractivity contribution in [2.45, 2.75) is 27.2 Å². The Morgan fingerprint density at radius 2 is 2.00 bits per heavy atom. The lowest BCUT2D eigenvalue weighted by atomic mass is 10.2. The fourth-order valence-corrected chi connectivity index (χ4v) is 3.02. The van der Waals surface area contributed by atoms with Gasteiger partial charge in [-0.2, -0.15) is 0 Å². The first-order valence-corrected chi connectivity index (χ1v) is 8.36. The monoisotopic (exact) mass is 325 g/mol. The molecule has 0 bridgehead atoms. The topological polar surface area (TPSA) is 63.6 Å². The Morgan fingerprint density at radius 3 is 2.70 bits per heavy atom. The first kappa shape index (κ1) is 15.6. The molecule has 0 spiro atoms. The second-order valence-electron chi connectivity index (χ2n) is 5.39. The molecule has 0 fully saturated rings. The van der Waals surface area contributed by atoms with Gasteiger partial charge in [0.1, 0.15) is 5.82 Å². The van der Waals surface area contributed by atoms with Crippen molar-refractivity contribution in [3.63, 3.8) is 0 Å². The fraction of sp³-hybridized carbons (Fsp3) is 0.294. The van der Waals surface area contributed by atoms with Crippen LogP contribution in [0.1, 0.15) is 21.1 Å². The minimum Gasteiger partial charge on any atom is -0.369 e. The van der Waals surface area contributed by atoms with Gasteiger partial charge in [-0.15, -0.1) is 11.3 Å². The van der Waals surface area contributed by atoms with Crippen molar-refractivity contribution in [2.75, 3.05) is 11.9 Å². The van der Waals surface area contributed by atoms with Gasteiger partial charge < -0.3 is 5.32 Å². The molecule has 3 heterocycles. The van der Waals surface area contributed by atoms with E-state index in [1.165, 1.54) is 4.88 Å². The minimum atomic E-state index is 0.703. The highest BCUT2D eigenvalue weighted by Crippen LogP contribution is 2.21. The molecule has 0 aliphatic rings. The van der Waals surface area contributed by atoms with E-state index in [9.17, 15) is 0 Å². The quantitative estimate of drug-likeness (QED) is 0.777. The van der Waals surface area contributed by atoms with Gasteiger partial charge in [-0.3, -0.25) is 4.98 Å². The molecule has 118 valence electrons.